The van der Waals surface area contributed by atoms with Gasteiger partial charge >= 0.3 is 6.36 Å². The molecular formula is C27H29F3N4O4. The van der Waals surface area contributed by atoms with E-state index in [0.29, 0.717) is 23.1 Å². The molecule has 1 aliphatic carbocycles. The molecule has 4 rings (SSSR count). The Balaban J connectivity index is 1.70. The minimum absolute atomic E-state index is 0.0803. The number of benzene rings is 2. The summed E-state index contributed by atoms with van der Waals surface area (Å²) in [5.41, 5.74) is 0.912. The molecule has 1 aromatic heterocycles. The van der Waals surface area contributed by atoms with Gasteiger partial charge in [0, 0.05) is 34.2 Å². The maximum Gasteiger partial charge on any atom is 0.573 e. The lowest BCUT2D eigenvalue weighted by atomic mass is 9.82. The Bertz CT molecular complexity index is 1350. The second kappa shape index (κ2) is 10.8. The molecule has 0 unspecified atom stereocenters. The van der Waals surface area contributed by atoms with Gasteiger partial charge in [0.1, 0.15) is 11.6 Å². The van der Waals surface area contributed by atoms with Crippen LogP contribution >= 0.6 is 0 Å². The quantitative estimate of drug-likeness (QED) is 0.323. The third-order valence-electron chi connectivity index (χ3n) is 6.81. The highest BCUT2D eigenvalue weighted by Gasteiger charge is 2.34. The highest BCUT2D eigenvalue weighted by molar-refractivity contribution is 6.16. The van der Waals surface area contributed by atoms with Gasteiger partial charge in [-0.1, -0.05) is 25.3 Å². The number of anilines is 2. The number of halogens is 3. The lowest BCUT2D eigenvalue weighted by molar-refractivity contribution is -0.274. The lowest BCUT2D eigenvalue weighted by Crippen LogP contribution is -2.47. The van der Waals surface area contributed by atoms with Crippen molar-refractivity contribution >= 4 is 40.6 Å². The maximum atomic E-state index is 13.0. The number of ether oxygens (including phenoxy) is 1. The van der Waals surface area contributed by atoms with Gasteiger partial charge in [-0.3, -0.25) is 14.4 Å². The molecule has 0 spiro atoms. The van der Waals surface area contributed by atoms with E-state index in [1.54, 1.807) is 30.0 Å². The lowest BCUT2D eigenvalue weighted by Gasteiger charge is -2.42. The number of aromatic nitrogens is 1. The Morgan fingerprint density at radius 2 is 1.84 bits per heavy atom. The SMILES string of the molecule is CCNC(=O)c1c(NC(=O)c2cccc(OC(F)(F)F)c2)[nH]c2cc(N(C=O)C3(C)CCCCC3)ccc12. The Morgan fingerprint density at radius 3 is 2.50 bits per heavy atom. The summed E-state index contributed by atoms with van der Waals surface area (Å²) in [6.07, 6.45) is 0.839. The maximum absolute atomic E-state index is 13.0. The van der Waals surface area contributed by atoms with Gasteiger partial charge in [0.15, 0.2) is 0 Å². The zero-order valence-electron chi connectivity index (χ0n) is 21.1. The standard InChI is InChI=1S/C27H29F3N4O4/c1-3-31-25(37)22-20-11-10-18(34(16-35)26(2)12-5-4-6-13-26)15-21(20)32-23(22)33-24(36)17-8-7-9-19(14-17)38-27(28,29)30/h7-11,14-16,32H,3-6,12-13H2,1-2H3,(H,31,37)(H,33,36). The van der Waals surface area contributed by atoms with Gasteiger partial charge in [0.25, 0.3) is 11.8 Å². The van der Waals surface area contributed by atoms with Crippen molar-refractivity contribution in [3.63, 3.8) is 0 Å². The summed E-state index contributed by atoms with van der Waals surface area (Å²) in [6, 6.07) is 9.86. The van der Waals surface area contributed by atoms with Crippen LogP contribution in [0.25, 0.3) is 10.9 Å². The molecule has 38 heavy (non-hydrogen) atoms. The first-order chi connectivity index (χ1) is 18.0. The summed E-state index contributed by atoms with van der Waals surface area (Å²) in [7, 11) is 0. The van der Waals surface area contributed by atoms with Gasteiger partial charge in [0.2, 0.25) is 6.41 Å². The smallest absolute Gasteiger partial charge is 0.406 e. The number of nitrogens with zero attached hydrogens (tertiary/aromatic N) is 1. The van der Waals surface area contributed by atoms with E-state index < -0.39 is 23.9 Å². The van der Waals surface area contributed by atoms with E-state index in [0.717, 1.165) is 50.6 Å². The molecule has 1 aliphatic rings. The zero-order chi connectivity index (χ0) is 27.5. The van der Waals surface area contributed by atoms with E-state index in [1.165, 1.54) is 12.1 Å². The largest absolute Gasteiger partial charge is 0.573 e. The van der Waals surface area contributed by atoms with Crippen LogP contribution in [0.1, 0.15) is 66.7 Å². The normalized spacial score (nSPS) is 15.1. The van der Waals surface area contributed by atoms with Crippen LogP contribution in [0, 0.1) is 0 Å². The summed E-state index contributed by atoms with van der Waals surface area (Å²) in [5, 5.41) is 5.83. The average molecular weight is 531 g/mol. The van der Waals surface area contributed by atoms with Crippen LogP contribution in [0.5, 0.6) is 5.75 Å². The fourth-order valence-electron chi connectivity index (χ4n) is 4.99. The Hall–Kier alpha value is -4.02. The molecule has 202 valence electrons. The van der Waals surface area contributed by atoms with Crippen LogP contribution in [0.3, 0.4) is 0 Å². The molecule has 0 radical (unpaired) electrons. The second-order valence-electron chi connectivity index (χ2n) is 9.53. The van der Waals surface area contributed by atoms with Gasteiger partial charge in [0.05, 0.1) is 5.56 Å². The molecule has 0 saturated heterocycles. The first-order valence-corrected chi connectivity index (χ1v) is 12.4. The van der Waals surface area contributed by atoms with Crippen molar-refractivity contribution in [1.29, 1.82) is 0 Å². The zero-order valence-corrected chi connectivity index (χ0v) is 21.1. The molecule has 3 N–H and O–H groups in total. The van der Waals surface area contributed by atoms with Crippen molar-refractivity contribution < 1.29 is 32.3 Å². The summed E-state index contributed by atoms with van der Waals surface area (Å²) in [4.78, 5) is 42.8. The fraction of sp³-hybridized carbons (Fsp3) is 0.370. The second-order valence-corrected chi connectivity index (χ2v) is 9.53. The molecule has 1 saturated carbocycles. The topological polar surface area (TPSA) is 104 Å². The molecule has 0 aliphatic heterocycles. The Kier molecular flexibility index (Phi) is 7.66. The summed E-state index contributed by atoms with van der Waals surface area (Å²) >= 11 is 0. The average Bonchev–Trinajstić information content (AvgIpc) is 3.21. The number of nitrogens with one attached hydrogen (secondary N) is 3. The van der Waals surface area contributed by atoms with E-state index in [2.05, 4.69) is 27.3 Å². The van der Waals surface area contributed by atoms with E-state index in [-0.39, 0.29) is 22.5 Å². The number of aromatic amines is 1. The molecule has 3 amide bonds. The monoisotopic (exact) mass is 530 g/mol. The number of alkyl halides is 3. The molecular weight excluding hydrogens is 501 g/mol. The highest BCUT2D eigenvalue weighted by Crippen LogP contribution is 2.38. The molecule has 0 bridgehead atoms. The van der Waals surface area contributed by atoms with Crippen LogP contribution < -0.4 is 20.3 Å². The van der Waals surface area contributed by atoms with Crippen molar-refractivity contribution in [2.45, 2.75) is 57.9 Å². The van der Waals surface area contributed by atoms with Gasteiger partial charge in [-0.2, -0.15) is 0 Å². The first kappa shape index (κ1) is 27.0. The molecule has 8 nitrogen and oxygen atoms in total. The third-order valence-corrected chi connectivity index (χ3v) is 6.81. The van der Waals surface area contributed by atoms with Gasteiger partial charge in [-0.05, 0) is 63.1 Å². The summed E-state index contributed by atoms with van der Waals surface area (Å²) < 4.78 is 41.7. The predicted molar refractivity (Wildman–Crippen MR) is 137 cm³/mol. The number of H-pyrrole nitrogens is 1. The Labute approximate surface area is 217 Å². The van der Waals surface area contributed by atoms with E-state index in [9.17, 15) is 27.6 Å². The minimum Gasteiger partial charge on any atom is -0.406 e. The van der Waals surface area contributed by atoms with Crippen molar-refractivity contribution in [1.82, 2.24) is 10.3 Å². The van der Waals surface area contributed by atoms with Gasteiger partial charge in [-0.15, -0.1) is 13.2 Å². The van der Waals surface area contributed by atoms with E-state index in [4.69, 9.17) is 0 Å². The predicted octanol–water partition coefficient (Wildman–Crippen LogP) is 5.75. The molecule has 3 aromatic rings. The number of fused-ring (bicyclic) bond motifs is 1. The number of rotatable bonds is 8. The molecule has 0 atom stereocenters. The molecule has 2 aromatic carbocycles. The van der Waals surface area contributed by atoms with Crippen molar-refractivity contribution in [2.75, 3.05) is 16.8 Å². The number of carbonyl (C=O) groups is 3. The third kappa shape index (κ3) is 5.76. The highest BCUT2D eigenvalue weighted by atomic mass is 19.4. The molecule has 1 heterocycles. The van der Waals surface area contributed by atoms with Crippen LogP contribution in [-0.2, 0) is 4.79 Å². The molecule has 11 heteroatoms. The van der Waals surface area contributed by atoms with Gasteiger partial charge in [-0.25, -0.2) is 0 Å². The number of hydrogen-bond acceptors (Lipinski definition) is 4. The molecule has 1 fully saturated rings. The van der Waals surface area contributed by atoms with Crippen molar-refractivity contribution in [2.24, 2.45) is 0 Å². The summed E-state index contributed by atoms with van der Waals surface area (Å²) in [5.74, 6) is -1.64. The van der Waals surface area contributed by atoms with Crippen LogP contribution in [0.15, 0.2) is 42.5 Å². The van der Waals surface area contributed by atoms with Crippen molar-refractivity contribution in [3.05, 3.63) is 53.6 Å². The minimum atomic E-state index is -4.90. The van der Waals surface area contributed by atoms with Crippen LogP contribution in [-0.4, -0.2) is 41.7 Å². The number of amides is 3. The van der Waals surface area contributed by atoms with Crippen molar-refractivity contribution in [3.8, 4) is 5.75 Å². The van der Waals surface area contributed by atoms with Gasteiger partial charge < -0.3 is 25.3 Å². The van der Waals surface area contributed by atoms with Crippen LogP contribution in [0.4, 0.5) is 24.7 Å². The van der Waals surface area contributed by atoms with E-state index >= 15 is 0 Å². The first-order valence-electron chi connectivity index (χ1n) is 12.4. The van der Waals surface area contributed by atoms with E-state index in [1.807, 2.05) is 0 Å². The number of hydrogen-bond donors (Lipinski definition) is 3. The fourth-order valence-corrected chi connectivity index (χ4v) is 4.99. The summed E-state index contributed by atoms with van der Waals surface area (Å²) in [6.45, 7) is 4.15. The van der Waals surface area contributed by atoms with Crippen LogP contribution in [0.2, 0.25) is 0 Å². The Morgan fingerprint density at radius 1 is 1.11 bits per heavy atom. The number of carbonyl (C=O) groups excluding carboxylic acids is 3.